The molecule has 10 heavy (non-hydrogen) atoms. The minimum atomic E-state index is 0.645. The summed E-state index contributed by atoms with van der Waals surface area (Å²) in [4.78, 5) is 0. The van der Waals surface area contributed by atoms with Crippen LogP contribution < -0.4 is 0 Å². The number of hydrogen-bond acceptors (Lipinski definition) is 1. The zero-order valence-electron chi connectivity index (χ0n) is 6.63. The van der Waals surface area contributed by atoms with E-state index >= 15 is 0 Å². The van der Waals surface area contributed by atoms with Gasteiger partial charge in [-0.15, -0.1) is 0 Å². The first-order valence-corrected chi connectivity index (χ1v) is 3.84. The third-order valence-corrected chi connectivity index (χ3v) is 1.55. The van der Waals surface area contributed by atoms with Crippen LogP contribution in [-0.2, 0) is 4.74 Å². The van der Waals surface area contributed by atoms with E-state index in [0.29, 0.717) is 5.92 Å². The van der Waals surface area contributed by atoms with Gasteiger partial charge < -0.3 is 4.74 Å². The van der Waals surface area contributed by atoms with Crippen molar-refractivity contribution in [3.63, 3.8) is 0 Å². The molecule has 56 valence electrons. The molecule has 1 atom stereocenters. The molecule has 0 heterocycles. The van der Waals surface area contributed by atoms with Crippen LogP contribution in [-0.4, -0.2) is 6.61 Å². The highest BCUT2D eigenvalue weighted by atomic mass is 16.5. The second-order valence-corrected chi connectivity index (χ2v) is 2.62. The number of allylic oxidation sites excluding steroid dienone is 3. The molecule has 0 amide bonds. The predicted octanol–water partition coefficient (Wildman–Crippen LogP) is 2.50. The van der Waals surface area contributed by atoms with Crippen molar-refractivity contribution in [1.29, 1.82) is 0 Å². The molecule has 0 fully saturated rings. The van der Waals surface area contributed by atoms with Crippen LogP contribution in [0, 0.1) is 5.92 Å². The van der Waals surface area contributed by atoms with Crippen LogP contribution in [0.25, 0.3) is 0 Å². The Morgan fingerprint density at radius 2 is 2.50 bits per heavy atom. The zero-order chi connectivity index (χ0) is 7.40. The van der Waals surface area contributed by atoms with Gasteiger partial charge in [0.05, 0.1) is 6.61 Å². The maximum absolute atomic E-state index is 5.33. The standard InChI is InChI=1S/C9H14O/c1-3-10-9-6-4-5-8(2)7-9/h4,6-8H,3,5H2,1-2H3/t8-/m1/s1. The topological polar surface area (TPSA) is 9.23 Å². The Morgan fingerprint density at radius 1 is 1.70 bits per heavy atom. The minimum absolute atomic E-state index is 0.645. The second-order valence-electron chi connectivity index (χ2n) is 2.62. The second kappa shape index (κ2) is 3.45. The monoisotopic (exact) mass is 138 g/mol. The van der Waals surface area contributed by atoms with Crippen molar-refractivity contribution in [2.24, 2.45) is 5.92 Å². The lowest BCUT2D eigenvalue weighted by molar-refractivity contribution is 0.238. The van der Waals surface area contributed by atoms with Crippen molar-refractivity contribution in [3.8, 4) is 0 Å². The van der Waals surface area contributed by atoms with Crippen molar-refractivity contribution >= 4 is 0 Å². The molecule has 0 saturated carbocycles. The van der Waals surface area contributed by atoms with E-state index in [1.54, 1.807) is 0 Å². The maximum atomic E-state index is 5.33. The van der Waals surface area contributed by atoms with Gasteiger partial charge in [-0.1, -0.05) is 13.0 Å². The molecule has 0 aromatic rings. The van der Waals surface area contributed by atoms with Crippen LogP contribution in [0.2, 0.25) is 0 Å². The largest absolute Gasteiger partial charge is 0.494 e. The van der Waals surface area contributed by atoms with Crippen LogP contribution >= 0.6 is 0 Å². The highest BCUT2D eigenvalue weighted by Crippen LogP contribution is 2.16. The Kier molecular flexibility index (Phi) is 2.55. The van der Waals surface area contributed by atoms with Gasteiger partial charge in [-0.2, -0.15) is 0 Å². The van der Waals surface area contributed by atoms with E-state index in [1.807, 2.05) is 13.0 Å². The molecule has 1 aliphatic carbocycles. The van der Waals surface area contributed by atoms with Crippen molar-refractivity contribution in [2.45, 2.75) is 20.3 Å². The van der Waals surface area contributed by atoms with E-state index in [0.717, 1.165) is 18.8 Å². The highest BCUT2D eigenvalue weighted by Gasteiger charge is 2.02. The smallest absolute Gasteiger partial charge is 0.115 e. The molecule has 0 spiro atoms. The zero-order valence-corrected chi connectivity index (χ0v) is 6.63. The summed E-state index contributed by atoms with van der Waals surface area (Å²) in [5, 5.41) is 0. The van der Waals surface area contributed by atoms with E-state index in [1.165, 1.54) is 0 Å². The molecule has 0 aliphatic heterocycles. The molecular formula is C9H14O. The fourth-order valence-electron chi connectivity index (χ4n) is 1.07. The maximum Gasteiger partial charge on any atom is 0.115 e. The van der Waals surface area contributed by atoms with Crippen LogP contribution in [0.1, 0.15) is 20.3 Å². The lowest BCUT2D eigenvalue weighted by atomic mass is 10.0. The van der Waals surface area contributed by atoms with Gasteiger partial charge in [-0.25, -0.2) is 0 Å². The molecule has 0 N–H and O–H groups in total. The molecule has 1 heteroatoms. The Labute approximate surface area is 62.4 Å². The van der Waals surface area contributed by atoms with Gasteiger partial charge in [0.25, 0.3) is 0 Å². The first-order chi connectivity index (χ1) is 4.83. The van der Waals surface area contributed by atoms with Crippen LogP contribution in [0.5, 0.6) is 0 Å². The summed E-state index contributed by atoms with van der Waals surface area (Å²) in [7, 11) is 0. The van der Waals surface area contributed by atoms with Gasteiger partial charge >= 0.3 is 0 Å². The average Bonchev–Trinajstić information content (AvgIpc) is 1.88. The molecule has 1 rings (SSSR count). The molecule has 0 radical (unpaired) electrons. The molecular weight excluding hydrogens is 124 g/mol. The fraction of sp³-hybridized carbons (Fsp3) is 0.556. The number of hydrogen-bond donors (Lipinski definition) is 0. The molecule has 0 unspecified atom stereocenters. The summed E-state index contributed by atoms with van der Waals surface area (Å²) in [5.41, 5.74) is 0. The predicted molar refractivity (Wildman–Crippen MR) is 42.6 cm³/mol. The van der Waals surface area contributed by atoms with Crippen molar-refractivity contribution in [3.05, 3.63) is 24.0 Å². The Hall–Kier alpha value is -0.720. The summed E-state index contributed by atoms with van der Waals surface area (Å²) in [5.74, 6) is 1.67. The summed E-state index contributed by atoms with van der Waals surface area (Å²) in [6, 6.07) is 0. The van der Waals surface area contributed by atoms with Gasteiger partial charge in [0.15, 0.2) is 0 Å². The summed E-state index contributed by atoms with van der Waals surface area (Å²) in [6.45, 7) is 4.97. The quantitative estimate of drug-likeness (QED) is 0.569. The molecule has 0 saturated heterocycles. The van der Waals surface area contributed by atoms with Crippen molar-refractivity contribution in [2.75, 3.05) is 6.61 Å². The molecule has 0 aromatic heterocycles. The molecule has 1 aliphatic rings. The van der Waals surface area contributed by atoms with Gasteiger partial charge in [-0.3, -0.25) is 0 Å². The lowest BCUT2D eigenvalue weighted by Crippen LogP contribution is -1.98. The Balaban J connectivity index is 2.49. The Morgan fingerprint density at radius 3 is 3.10 bits per heavy atom. The molecule has 0 bridgehead atoms. The van der Waals surface area contributed by atoms with Crippen LogP contribution in [0.15, 0.2) is 24.0 Å². The van der Waals surface area contributed by atoms with Crippen molar-refractivity contribution in [1.82, 2.24) is 0 Å². The summed E-state index contributed by atoms with van der Waals surface area (Å²) in [6.07, 6.45) is 7.53. The highest BCUT2D eigenvalue weighted by molar-refractivity contribution is 5.17. The van der Waals surface area contributed by atoms with E-state index in [-0.39, 0.29) is 0 Å². The number of ether oxygens (including phenoxy) is 1. The van der Waals surface area contributed by atoms with Gasteiger partial charge in [-0.05, 0) is 31.4 Å². The third-order valence-electron chi connectivity index (χ3n) is 1.55. The van der Waals surface area contributed by atoms with Crippen molar-refractivity contribution < 1.29 is 4.74 Å². The lowest BCUT2D eigenvalue weighted by Gasteiger charge is -2.11. The minimum Gasteiger partial charge on any atom is -0.494 e. The summed E-state index contributed by atoms with van der Waals surface area (Å²) < 4.78 is 5.33. The van der Waals surface area contributed by atoms with E-state index < -0.39 is 0 Å². The summed E-state index contributed by atoms with van der Waals surface area (Å²) >= 11 is 0. The first kappa shape index (κ1) is 7.39. The third kappa shape index (κ3) is 1.90. The average molecular weight is 138 g/mol. The molecule has 1 nitrogen and oxygen atoms in total. The van der Waals surface area contributed by atoms with Crippen LogP contribution in [0.3, 0.4) is 0 Å². The van der Waals surface area contributed by atoms with Crippen LogP contribution in [0.4, 0.5) is 0 Å². The SMILES string of the molecule is CCOC1=C[C@H](C)CC=C1. The van der Waals surface area contributed by atoms with Gasteiger partial charge in [0.1, 0.15) is 5.76 Å². The van der Waals surface area contributed by atoms with E-state index in [2.05, 4.69) is 19.1 Å². The molecule has 0 aromatic carbocycles. The van der Waals surface area contributed by atoms with E-state index in [9.17, 15) is 0 Å². The van der Waals surface area contributed by atoms with Gasteiger partial charge in [0, 0.05) is 0 Å². The van der Waals surface area contributed by atoms with E-state index in [4.69, 9.17) is 4.74 Å². The fourth-order valence-corrected chi connectivity index (χ4v) is 1.07. The first-order valence-electron chi connectivity index (χ1n) is 3.84. The number of rotatable bonds is 2. The Bertz CT molecular complexity index is 156. The normalized spacial score (nSPS) is 24.2. The van der Waals surface area contributed by atoms with Gasteiger partial charge in [0.2, 0.25) is 0 Å².